The molecule has 1 heterocycles. The van der Waals surface area contributed by atoms with Gasteiger partial charge in [-0.1, -0.05) is 19.6 Å². The van der Waals surface area contributed by atoms with Crippen LogP contribution < -0.4 is 9.47 Å². The lowest BCUT2D eigenvalue weighted by atomic mass is 10.0. The van der Waals surface area contributed by atoms with Crippen LogP contribution in [-0.2, 0) is 27.3 Å². The second-order valence-electron chi connectivity index (χ2n) is 6.95. The molecule has 2 rings (SSSR count). The number of benzene rings is 1. The van der Waals surface area contributed by atoms with Crippen molar-refractivity contribution in [1.29, 1.82) is 0 Å². The predicted molar refractivity (Wildman–Crippen MR) is 103 cm³/mol. The molecule has 1 unspecified atom stereocenters. The summed E-state index contributed by atoms with van der Waals surface area (Å²) in [6.45, 7) is 10.3. The monoisotopic (exact) mass is 375 g/mol. The zero-order valence-corrected chi connectivity index (χ0v) is 16.7. The van der Waals surface area contributed by atoms with Crippen LogP contribution in [0.3, 0.4) is 0 Å². The average molecular weight is 375 g/mol. The van der Waals surface area contributed by atoms with Crippen LogP contribution in [0.25, 0.3) is 0 Å². The van der Waals surface area contributed by atoms with Gasteiger partial charge < -0.3 is 19.0 Å². The van der Waals surface area contributed by atoms with E-state index in [4.69, 9.17) is 14.2 Å². The van der Waals surface area contributed by atoms with Crippen molar-refractivity contribution in [2.24, 2.45) is 0 Å². The quantitative estimate of drug-likeness (QED) is 0.488. The summed E-state index contributed by atoms with van der Waals surface area (Å²) in [6, 6.07) is 4.05. The molecule has 0 bridgehead atoms. The van der Waals surface area contributed by atoms with Gasteiger partial charge in [-0.15, -0.1) is 0 Å². The highest BCUT2D eigenvalue weighted by molar-refractivity contribution is 5.86. The number of ether oxygens (including phenoxy) is 3. The molecule has 0 spiro atoms. The molecular formula is C21H29NO5. The van der Waals surface area contributed by atoms with Gasteiger partial charge in [0.05, 0.1) is 7.11 Å². The number of Topliss-reactive ketones (excluding diaryl/α,β-unsaturated/α-hetero) is 1. The molecule has 0 saturated carbocycles. The van der Waals surface area contributed by atoms with Crippen molar-refractivity contribution in [3.8, 4) is 11.5 Å². The van der Waals surface area contributed by atoms with Crippen LogP contribution >= 0.6 is 0 Å². The SMILES string of the molecule is C=C(C)C(=O)OCC(CC)N1COc2c(cc(CCC(C)=O)cc2OC)C1. The molecule has 1 atom stereocenters. The second kappa shape index (κ2) is 9.55. The van der Waals surface area contributed by atoms with E-state index < -0.39 is 0 Å². The van der Waals surface area contributed by atoms with Crippen LogP contribution in [0.4, 0.5) is 0 Å². The molecular weight excluding hydrogens is 346 g/mol. The van der Waals surface area contributed by atoms with Gasteiger partial charge >= 0.3 is 5.97 Å². The average Bonchev–Trinajstić information content (AvgIpc) is 2.65. The highest BCUT2D eigenvalue weighted by Gasteiger charge is 2.27. The van der Waals surface area contributed by atoms with E-state index in [-0.39, 0.29) is 17.8 Å². The Hall–Kier alpha value is -2.34. The minimum atomic E-state index is -0.375. The van der Waals surface area contributed by atoms with E-state index in [0.717, 1.165) is 23.3 Å². The molecule has 6 heteroatoms. The van der Waals surface area contributed by atoms with E-state index in [0.29, 0.717) is 44.0 Å². The van der Waals surface area contributed by atoms with Crippen molar-refractivity contribution >= 4 is 11.8 Å². The zero-order chi connectivity index (χ0) is 20.0. The lowest BCUT2D eigenvalue weighted by molar-refractivity contribution is -0.141. The molecule has 6 nitrogen and oxygen atoms in total. The molecule has 0 fully saturated rings. The summed E-state index contributed by atoms with van der Waals surface area (Å²) < 4.78 is 16.8. The first-order valence-corrected chi connectivity index (χ1v) is 9.24. The van der Waals surface area contributed by atoms with Gasteiger partial charge in [0.2, 0.25) is 0 Å². The topological polar surface area (TPSA) is 65.1 Å². The fourth-order valence-corrected chi connectivity index (χ4v) is 3.04. The molecule has 1 aromatic rings. The highest BCUT2D eigenvalue weighted by atomic mass is 16.5. The molecule has 1 aliphatic heterocycles. The molecule has 0 amide bonds. The van der Waals surface area contributed by atoms with Crippen LogP contribution in [0, 0.1) is 0 Å². The van der Waals surface area contributed by atoms with Gasteiger partial charge in [0.25, 0.3) is 0 Å². The highest BCUT2D eigenvalue weighted by Crippen LogP contribution is 2.37. The first-order valence-electron chi connectivity index (χ1n) is 9.24. The largest absolute Gasteiger partial charge is 0.493 e. The van der Waals surface area contributed by atoms with Gasteiger partial charge in [0, 0.05) is 30.1 Å². The number of nitrogens with zero attached hydrogens (tertiary/aromatic N) is 1. The molecule has 0 radical (unpaired) electrons. The number of aryl methyl sites for hydroxylation is 1. The maximum atomic E-state index is 11.7. The Morgan fingerprint density at radius 1 is 1.33 bits per heavy atom. The first-order chi connectivity index (χ1) is 12.8. The summed E-state index contributed by atoms with van der Waals surface area (Å²) in [5.41, 5.74) is 2.46. The van der Waals surface area contributed by atoms with Gasteiger partial charge in [-0.2, -0.15) is 0 Å². The number of esters is 1. The second-order valence-corrected chi connectivity index (χ2v) is 6.95. The number of carbonyl (C=O) groups is 2. The smallest absolute Gasteiger partial charge is 0.333 e. The summed E-state index contributed by atoms with van der Waals surface area (Å²) in [5, 5.41) is 0. The van der Waals surface area contributed by atoms with Crippen LogP contribution in [0.15, 0.2) is 24.3 Å². The van der Waals surface area contributed by atoms with Crippen molar-refractivity contribution in [2.75, 3.05) is 20.4 Å². The number of ketones is 1. The standard InChI is InChI=1S/C21H29NO5/c1-6-18(12-26-21(24)14(2)3)22-11-17-9-16(8-7-15(4)23)10-19(25-5)20(17)27-13-22/h9-10,18H,2,6-8,11-13H2,1,3-5H3. The van der Waals surface area contributed by atoms with Crippen molar-refractivity contribution in [2.45, 2.75) is 52.6 Å². The Morgan fingerprint density at radius 2 is 2.07 bits per heavy atom. The number of fused-ring (bicyclic) bond motifs is 1. The van der Waals surface area contributed by atoms with Gasteiger partial charge in [-0.25, -0.2) is 4.79 Å². The molecule has 0 aliphatic carbocycles. The Kier molecular flexibility index (Phi) is 7.42. The van der Waals surface area contributed by atoms with Crippen LogP contribution in [0.5, 0.6) is 11.5 Å². The Labute approximate surface area is 161 Å². The third kappa shape index (κ3) is 5.57. The third-order valence-corrected chi connectivity index (χ3v) is 4.67. The first kappa shape index (κ1) is 21.0. The Balaban J connectivity index is 2.14. The lowest BCUT2D eigenvalue weighted by Gasteiger charge is -2.35. The number of methoxy groups -OCH3 is 1. The summed E-state index contributed by atoms with van der Waals surface area (Å²) >= 11 is 0. The predicted octanol–water partition coefficient (Wildman–Crippen LogP) is 3.27. The molecule has 148 valence electrons. The molecule has 0 saturated heterocycles. The molecule has 1 aromatic carbocycles. The van der Waals surface area contributed by atoms with Crippen LogP contribution in [0.1, 0.15) is 44.7 Å². The van der Waals surface area contributed by atoms with Gasteiger partial charge in [-0.05, 0) is 38.3 Å². The Morgan fingerprint density at radius 3 is 2.67 bits per heavy atom. The number of carbonyl (C=O) groups excluding carboxylic acids is 2. The lowest BCUT2D eigenvalue weighted by Crippen LogP contribution is -2.43. The third-order valence-electron chi connectivity index (χ3n) is 4.67. The van der Waals surface area contributed by atoms with E-state index >= 15 is 0 Å². The van der Waals surface area contributed by atoms with Gasteiger partial charge in [0.15, 0.2) is 11.5 Å². The summed E-state index contributed by atoms with van der Waals surface area (Å²) in [7, 11) is 1.62. The van der Waals surface area contributed by atoms with Crippen LogP contribution in [-0.4, -0.2) is 43.1 Å². The minimum absolute atomic E-state index is 0.0494. The number of hydrogen-bond donors (Lipinski definition) is 0. The van der Waals surface area contributed by atoms with E-state index in [1.54, 1.807) is 21.0 Å². The van der Waals surface area contributed by atoms with E-state index in [2.05, 4.69) is 24.5 Å². The molecule has 0 N–H and O–H groups in total. The van der Waals surface area contributed by atoms with Crippen molar-refractivity contribution in [1.82, 2.24) is 4.90 Å². The van der Waals surface area contributed by atoms with Crippen molar-refractivity contribution in [3.05, 3.63) is 35.4 Å². The van der Waals surface area contributed by atoms with E-state index in [1.165, 1.54) is 0 Å². The van der Waals surface area contributed by atoms with Gasteiger partial charge in [0.1, 0.15) is 19.1 Å². The zero-order valence-electron chi connectivity index (χ0n) is 16.7. The van der Waals surface area contributed by atoms with E-state index in [1.807, 2.05) is 6.07 Å². The summed E-state index contributed by atoms with van der Waals surface area (Å²) in [4.78, 5) is 25.1. The maximum absolute atomic E-state index is 11.7. The minimum Gasteiger partial charge on any atom is -0.493 e. The van der Waals surface area contributed by atoms with Crippen molar-refractivity contribution in [3.63, 3.8) is 0 Å². The fourth-order valence-electron chi connectivity index (χ4n) is 3.04. The van der Waals surface area contributed by atoms with E-state index in [9.17, 15) is 9.59 Å². The maximum Gasteiger partial charge on any atom is 0.333 e. The normalized spacial score (nSPS) is 14.7. The number of rotatable bonds is 9. The van der Waals surface area contributed by atoms with Gasteiger partial charge in [-0.3, -0.25) is 4.90 Å². The molecule has 0 aromatic heterocycles. The summed E-state index contributed by atoms with van der Waals surface area (Å²) in [6.07, 6.45) is 2.00. The fraction of sp³-hybridized carbons (Fsp3) is 0.524. The Bertz CT molecular complexity index is 713. The summed E-state index contributed by atoms with van der Waals surface area (Å²) in [5.74, 6) is 1.22. The van der Waals surface area contributed by atoms with Crippen molar-refractivity contribution < 1.29 is 23.8 Å². The number of hydrogen-bond acceptors (Lipinski definition) is 6. The molecule has 27 heavy (non-hydrogen) atoms. The van der Waals surface area contributed by atoms with Crippen LogP contribution in [0.2, 0.25) is 0 Å². The molecule has 1 aliphatic rings.